The minimum Gasteiger partial charge on any atom is -0.505 e. The zero-order chi connectivity index (χ0) is 15.1. The first kappa shape index (κ1) is 14.8. The second-order valence-electron chi connectivity index (χ2n) is 5.13. The summed E-state index contributed by atoms with van der Waals surface area (Å²) in [5.41, 5.74) is 0.166. The maximum absolute atomic E-state index is 14.0. The Morgan fingerprint density at radius 2 is 2.05 bits per heavy atom. The lowest BCUT2D eigenvalue weighted by molar-refractivity contribution is -0.137. The molecule has 0 bridgehead atoms. The number of hydrogen-bond donors (Lipinski definition) is 2. The first-order valence-electron chi connectivity index (χ1n) is 6.15. The van der Waals surface area contributed by atoms with Gasteiger partial charge in [-0.25, -0.2) is 12.8 Å². The van der Waals surface area contributed by atoms with E-state index in [-0.39, 0.29) is 17.9 Å². The lowest BCUT2D eigenvalue weighted by Crippen LogP contribution is -2.10. The molecule has 1 unspecified atom stereocenters. The SMILES string of the molecule is CS(=O)(=O)c1ccc(C(CC(=O)O)C2CC2)c(O)c1F. The molecule has 1 aromatic carbocycles. The fourth-order valence-corrected chi connectivity index (χ4v) is 3.10. The summed E-state index contributed by atoms with van der Waals surface area (Å²) in [7, 11) is -3.78. The highest BCUT2D eigenvalue weighted by atomic mass is 32.2. The molecule has 1 atom stereocenters. The number of aromatic hydroxyl groups is 1. The molecule has 0 amide bonds. The van der Waals surface area contributed by atoms with Crippen LogP contribution in [0, 0.1) is 11.7 Å². The molecular formula is C13H15FO5S. The number of aliphatic carboxylic acids is 1. The van der Waals surface area contributed by atoms with E-state index >= 15 is 0 Å². The Kier molecular flexibility index (Phi) is 3.73. The predicted molar refractivity (Wildman–Crippen MR) is 68.9 cm³/mol. The normalized spacial score (nSPS) is 16.9. The number of carbonyl (C=O) groups is 1. The van der Waals surface area contributed by atoms with Gasteiger partial charge in [0, 0.05) is 17.7 Å². The highest BCUT2D eigenvalue weighted by Gasteiger charge is 2.36. The summed E-state index contributed by atoms with van der Waals surface area (Å²) in [6, 6.07) is 2.39. The number of benzene rings is 1. The van der Waals surface area contributed by atoms with Crippen molar-refractivity contribution in [2.75, 3.05) is 6.26 Å². The summed E-state index contributed by atoms with van der Waals surface area (Å²) in [5, 5.41) is 18.8. The van der Waals surface area contributed by atoms with Gasteiger partial charge >= 0.3 is 5.97 Å². The van der Waals surface area contributed by atoms with Gasteiger partial charge in [-0.1, -0.05) is 6.07 Å². The Morgan fingerprint density at radius 3 is 2.50 bits per heavy atom. The number of sulfone groups is 1. The number of phenolic OH excluding ortho intramolecular Hbond substituents is 1. The fraction of sp³-hybridized carbons (Fsp3) is 0.462. The first-order valence-corrected chi connectivity index (χ1v) is 8.04. The molecule has 2 N–H and O–H groups in total. The van der Waals surface area contributed by atoms with E-state index in [2.05, 4.69) is 0 Å². The molecule has 0 spiro atoms. The molecule has 1 aliphatic carbocycles. The summed E-state index contributed by atoms with van der Waals surface area (Å²) >= 11 is 0. The van der Waals surface area contributed by atoms with Gasteiger partial charge in [0.15, 0.2) is 21.4 Å². The van der Waals surface area contributed by atoms with E-state index in [1.54, 1.807) is 0 Å². The van der Waals surface area contributed by atoms with Crippen molar-refractivity contribution in [1.82, 2.24) is 0 Å². The molecule has 0 aromatic heterocycles. The zero-order valence-electron chi connectivity index (χ0n) is 10.8. The molecule has 1 fully saturated rings. The molecule has 20 heavy (non-hydrogen) atoms. The monoisotopic (exact) mass is 302 g/mol. The van der Waals surface area contributed by atoms with Crippen molar-refractivity contribution in [1.29, 1.82) is 0 Å². The van der Waals surface area contributed by atoms with Crippen LogP contribution >= 0.6 is 0 Å². The van der Waals surface area contributed by atoms with Crippen LogP contribution < -0.4 is 0 Å². The van der Waals surface area contributed by atoms with Crippen molar-refractivity contribution in [3.63, 3.8) is 0 Å². The highest BCUT2D eigenvalue weighted by molar-refractivity contribution is 7.90. The second kappa shape index (κ2) is 5.05. The van der Waals surface area contributed by atoms with Crippen LogP contribution in [0.3, 0.4) is 0 Å². The Morgan fingerprint density at radius 1 is 1.45 bits per heavy atom. The molecule has 0 heterocycles. The van der Waals surface area contributed by atoms with Gasteiger partial charge in [-0.15, -0.1) is 0 Å². The van der Waals surface area contributed by atoms with Crippen LogP contribution in [0.5, 0.6) is 5.75 Å². The van der Waals surface area contributed by atoms with Gasteiger partial charge in [-0.05, 0) is 24.8 Å². The van der Waals surface area contributed by atoms with Crippen molar-refractivity contribution in [2.24, 2.45) is 5.92 Å². The van der Waals surface area contributed by atoms with Gasteiger partial charge in [0.05, 0.1) is 6.42 Å². The van der Waals surface area contributed by atoms with Crippen LogP contribution in [-0.4, -0.2) is 30.9 Å². The summed E-state index contributed by atoms with van der Waals surface area (Å²) in [4.78, 5) is 10.3. The smallest absolute Gasteiger partial charge is 0.303 e. The van der Waals surface area contributed by atoms with E-state index in [1.807, 2.05) is 0 Å². The Bertz CT molecular complexity index is 649. The number of hydrogen-bond acceptors (Lipinski definition) is 4. The Hall–Kier alpha value is -1.63. The molecular weight excluding hydrogens is 287 g/mol. The van der Waals surface area contributed by atoms with Crippen LogP contribution in [0.1, 0.15) is 30.7 Å². The summed E-state index contributed by atoms with van der Waals surface area (Å²) in [6.07, 6.45) is 2.29. The molecule has 1 aromatic rings. The number of carboxylic acids is 1. The largest absolute Gasteiger partial charge is 0.505 e. The molecule has 0 aliphatic heterocycles. The first-order chi connectivity index (χ1) is 9.21. The quantitative estimate of drug-likeness (QED) is 0.866. The zero-order valence-corrected chi connectivity index (χ0v) is 11.7. The van der Waals surface area contributed by atoms with Gasteiger partial charge in [-0.3, -0.25) is 4.79 Å². The van der Waals surface area contributed by atoms with Crippen molar-refractivity contribution in [3.05, 3.63) is 23.5 Å². The van der Waals surface area contributed by atoms with Gasteiger partial charge in [0.25, 0.3) is 0 Å². The number of phenols is 1. The number of rotatable bonds is 5. The predicted octanol–water partition coefficient (Wildman–Crippen LogP) is 1.90. The van der Waals surface area contributed by atoms with Crippen LogP contribution in [-0.2, 0) is 14.6 Å². The van der Waals surface area contributed by atoms with Crippen LogP contribution in [0.15, 0.2) is 17.0 Å². The van der Waals surface area contributed by atoms with E-state index in [0.29, 0.717) is 0 Å². The van der Waals surface area contributed by atoms with Crippen LogP contribution in [0.2, 0.25) is 0 Å². The molecule has 7 heteroatoms. The molecule has 0 saturated heterocycles. The summed E-state index contributed by atoms with van der Waals surface area (Å²) in [6.45, 7) is 0. The lowest BCUT2D eigenvalue weighted by Gasteiger charge is -2.17. The average molecular weight is 302 g/mol. The molecule has 1 aliphatic rings. The van der Waals surface area contributed by atoms with E-state index in [4.69, 9.17) is 5.11 Å². The topological polar surface area (TPSA) is 91.7 Å². The third kappa shape index (κ3) is 2.92. The molecule has 1 saturated carbocycles. The molecule has 0 radical (unpaired) electrons. The Balaban J connectivity index is 2.47. The maximum atomic E-state index is 14.0. The highest BCUT2D eigenvalue weighted by Crippen LogP contribution is 2.47. The van der Waals surface area contributed by atoms with E-state index < -0.39 is 38.2 Å². The van der Waals surface area contributed by atoms with Crippen LogP contribution in [0.4, 0.5) is 4.39 Å². The van der Waals surface area contributed by atoms with E-state index in [1.165, 1.54) is 6.07 Å². The van der Waals surface area contributed by atoms with Gasteiger partial charge < -0.3 is 10.2 Å². The second-order valence-corrected chi connectivity index (χ2v) is 7.11. The maximum Gasteiger partial charge on any atom is 0.303 e. The van der Waals surface area contributed by atoms with E-state index in [9.17, 15) is 22.7 Å². The van der Waals surface area contributed by atoms with Crippen molar-refractivity contribution < 1.29 is 27.8 Å². The Labute approximate surface area is 116 Å². The minimum absolute atomic E-state index is 0.0977. The molecule has 110 valence electrons. The third-order valence-electron chi connectivity index (χ3n) is 3.50. The van der Waals surface area contributed by atoms with E-state index in [0.717, 1.165) is 25.2 Å². The van der Waals surface area contributed by atoms with Crippen LogP contribution in [0.25, 0.3) is 0 Å². The van der Waals surface area contributed by atoms with Crippen molar-refractivity contribution in [3.8, 4) is 5.75 Å². The minimum atomic E-state index is -3.78. The molecule has 5 nitrogen and oxygen atoms in total. The van der Waals surface area contributed by atoms with Gasteiger partial charge in [0.1, 0.15) is 4.90 Å². The number of halogens is 1. The standard InChI is InChI=1S/C13H15FO5S/c1-20(18,19)10-5-4-8(13(17)12(10)14)9(6-11(15)16)7-2-3-7/h4-5,7,9,17H,2-3,6H2,1H3,(H,15,16). The summed E-state index contributed by atoms with van der Waals surface area (Å²) in [5.74, 6) is -3.39. The fourth-order valence-electron chi connectivity index (χ4n) is 2.36. The number of carboxylic acid groups (broad SMARTS) is 1. The van der Waals surface area contributed by atoms with Crippen molar-refractivity contribution in [2.45, 2.75) is 30.1 Å². The lowest BCUT2D eigenvalue weighted by atomic mass is 9.90. The third-order valence-corrected chi connectivity index (χ3v) is 4.61. The molecule has 2 rings (SSSR count). The van der Waals surface area contributed by atoms with Gasteiger partial charge in [-0.2, -0.15) is 0 Å². The summed E-state index contributed by atoms with van der Waals surface area (Å²) < 4.78 is 36.7. The van der Waals surface area contributed by atoms with Crippen molar-refractivity contribution >= 4 is 15.8 Å². The van der Waals surface area contributed by atoms with Gasteiger partial charge in [0.2, 0.25) is 0 Å². The average Bonchev–Trinajstić information content (AvgIpc) is 3.12.